The predicted molar refractivity (Wildman–Crippen MR) is 88.7 cm³/mol. The zero-order valence-electron chi connectivity index (χ0n) is 12.8. The minimum absolute atomic E-state index is 0.147. The van der Waals surface area contributed by atoms with Crippen molar-refractivity contribution < 1.29 is 28.6 Å². The summed E-state index contributed by atoms with van der Waals surface area (Å²) in [6.07, 6.45) is 0. The van der Waals surface area contributed by atoms with Crippen molar-refractivity contribution in [3.05, 3.63) is 59.2 Å². The number of nitrogens with one attached hydrogen (secondary N) is 2. The van der Waals surface area contributed by atoms with E-state index in [0.29, 0.717) is 16.5 Å². The molecule has 0 saturated carbocycles. The molecule has 25 heavy (non-hydrogen) atoms. The smallest absolute Gasteiger partial charge is 0.338 e. The average Bonchev–Trinajstić information content (AvgIpc) is 2.60. The molecule has 2 aromatic carbocycles. The topological polar surface area (TPSA) is 98.7 Å². The molecule has 0 aliphatic rings. The fraction of sp³-hybridized carbons (Fsp3) is 0.125. The van der Waals surface area contributed by atoms with E-state index >= 15 is 0 Å². The standard InChI is InChI=1S/C16H14F2N2O4S/c17-12-8-14(13(18)7-11(12)16(23)24)20-25-10-3-1-9(2-4-10)15(22)19-5-6-21/h1-4,7-8,20-21H,5-6H2,(H,19,22)(H,23,24). The zero-order chi connectivity index (χ0) is 18.4. The fourth-order valence-corrected chi connectivity index (χ4v) is 2.51. The summed E-state index contributed by atoms with van der Waals surface area (Å²) >= 11 is 0.973. The molecule has 132 valence electrons. The Hall–Kier alpha value is -2.65. The number of carbonyl (C=O) groups excluding carboxylic acids is 1. The minimum Gasteiger partial charge on any atom is -0.478 e. The summed E-state index contributed by atoms with van der Waals surface area (Å²) in [4.78, 5) is 23.0. The van der Waals surface area contributed by atoms with Crippen molar-refractivity contribution >= 4 is 29.5 Å². The molecule has 6 nitrogen and oxygen atoms in total. The molecule has 0 fully saturated rings. The normalized spacial score (nSPS) is 10.4. The molecule has 0 aromatic heterocycles. The number of carbonyl (C=O) groups is 2. The van der Waals surface area contributed by atoms with Gasteiger partial charge in [-0.15, -0.1) is 0 Å². The van der Waals surface area contributed by atoms with Gasteiger partial charge in [-0.25, -0.2) is 13.6 Å². The van der Waals surface area contributed by atoms with Gasteiger partial charge < -0.3 is 20.3 Å². The van der Waals surface area contributed by atoms with Crippen LogP contribution in [0.3, 0.4) is 0 Å². The molecule has 0 unspecified atom stereocenters. The summed E-state index contributed by atoms with van der Waals surface area (Å²) in [5.74, 6) is -3.83. The van der Waals surface area contributed by atoms with Crippen molar-refractivity contribution in [2.24, 2.45) is 0 Å². The van der Waals surface area contributed by atoms with Gasteiger partial charge in [0.15, 0.2) is 0 Å². The molecule has 0 aliphatic carbocycles. The van der Waals surface area contributed by atoms with E-state index in [2.05, 4.69) is 10.0 Å². The van der Waals surface area contributed by atoms with E-state index in [-0.39, 0.29) is 24.7 Å². The number of halogens is 2. The lowest BCUT2D eigenvalue weighted by atomic mass is 10.2. The van der Waals surface area contributed by atoms with Crippen LogP contribution < -0.4 is 10.0 Å². The molecule has 0 aliphatic heterocycles. The number of aliphatic hydroxyl groups excluding tert-OH is 1. The first-order valence-electron chi connectivity index (χ1n) is 7.06. The molecule has 0 heterocycles. The minimum atomic E-state index is -1.55. The fourth-order valence-electron chi connectivity index (χ4n) is 1.85. The van der Waals surface area contributed by atoms with Gasteiger partial charge in [0.25, 0.3) is 5.91 Å². The van der Waals surface area contributed by atoms with E-state index in [1.807, 2.05) is 0 Å². The largest absolute Gasteiger partial charge is 0.478 e. The SMILES string of the molecule is O=C(NCCO)c1ccc(SNc2cc(F)c(C(=O)O)cc2F)cc1. The molecule has 0 atom stereocenters. The van der Waals surface area contributed by atoms with Crippen LogP contribution in [-0.4, -0.2) is 35.2 Å². The zero-order valence-corrected chi connectivity index (χ0v) is 13.6. The van der Waals surface area contributed by atoms with Crippen molar-refractivity contribution in [2.45, 2.75) is 4.90 Å². The van der Waals surface area contributed by atoms with Crippen LogP contribution in [0, 0.1) is 11.6 Å². The number of hydrogen-bond donors (Lipinski definition) is 4. The molecule has 2 rings (SSSR count). The lowest BCUT2D eigenvalue weighted by Gasteiger charge is -2.09. The number of rotatable bonds is 7. The Morgan fingerprint density at radius 1 is 1.08 bits per heavy atom. The van der Waals surface area contributed by atoms with Gasteiger partial charge in [-0.05, 0) is 42.3 Å². The highest BCUT2D eigenvalue weighted by Gasteiger charge is 2.15. The molecule has 9 heteroatoms. The number of carboxylic acid groups (broad SMARTS) is 1. The molecule has 4 N–H and O–H groups in total. The van der Waals surface area contributed by atoms with Crippen LogP contribution >= 0.6 is 11.9 Å². The number of aliphatic hydroxyl groups is 1. The lowest BCUT2D eigenvalue weighted by molar-refractivity contribution is 0.0691. The van der Waals surface area contributed by atoms with Gasteiger partial charge >= 0.3 is 5.97 Å². The Kier molecular flexibility index (Phi) is 6.31. The van der Waals surface area contributed by atoms with Crippen LogP contribution in [0.5, 0.6) is 0 Å². The van der Waals surface area contributed by atoms with Crippen molar-refractivity contribution in [3.63, 3.8) is 0 Å². The summed E-state index contributed by atoms with van der Waals surface area (Å²) in [5, 5.41) is 19.9. The Balaban J connectivity index is 2.03. The number of aromatic carboxylic acids is 1. The van der Waals surface area contributed by atoms with Gasteiger partial charge in [0, 0.05) is 23.1 Å². The molecule has 2 aromatic rings. The van der Waals surface area contributed by atoms with Gasteiger partial charge in [-0.2, -0.15) is 0 Å². The van der Waals surface area contributed by atoms with Crippen LogP contribution in [0.4, 0.5) is 14.5 Å². The van der Waals surface area contributed by atoms with Crippen LogP contribution in [0.2, 0.25) is 0 Å². The van der Waals surface area contributed by atoms with Gasteiger partial charge in [0.05, 0.1) is 17.9 Å². The van der Waals surface area contributed by atoms with E-state index in [1.54, 1.807) is 24.3 Å². The maximum atomic E-state index is 13.8. The first-order chi connectivity index (χ1) is 11.9. The average molecular weight is 368 g/mol. The monoisotopic (exact) mass is 368 g/mol. The molecule has 0 spiro atoms. The molecular weight excluding hydrogens is 354 g/mol. The third kappa shape index (κ3) is 4.91. The second kappa shape index (κ2) is 8.45. The third-order valence-corrected chi connectivity index (χ3v) is 3.91. The highest BCUT2D eigenvalue weighted by Crippen LogP contribution is 2.26. The van der Waals surface area contributed by atoms with Crippen molar-refractivity contribution in [2.75, 3.05) is 17.9 Å². The Morgan fingerprint density at radius 2 is 1.76 bits per heavy atom. The first-order valence-corrected chi connectivity index (χ1v) is 7.88. The predicted octanol–water partition coefficient (Wildman–Crippen LogP) is 2.50. The van der Waals surface area contributed by atoms with Crippen molar-refractivity contribution in [3.8, 4) is 0 Å². The van der Waals surface area contributed by atoms with Crippen LogP contribution in [-0.2, 0) is 0 Å². The number of carboxylic acids is 1. The van der Waals surface area contributed by atoms with E-state index in [1.165, 1.54) is 0 Å². The third-order valence-electron chi connectivity index (χ3n) is 3.08. The summed E-state index contributed by atoms with van der Waals surface area (Å²) in [6.45, 7) is -0.0134. The molecule has 1 amide bonds. The number of anilines is 1. The van der Waals surface area contributed by atoms with Crippen LogP contribution in [0.15, 0.2) is 41.3 Å². The van der Waals surface area contributed by atoms with Gasteiger partial charge in [0.2, 0.25) is 0 Å². The van der Waals surface area contributed by atoms with E-state index in [0.717, 1.165) is 18.0 Å². The molecular formula is C16H14F2N2O4S. The maximum absolute atomic E-state index is 13.8. The maximum Gasteiger partial charge on any atom is 0.338 e. The summed E-state index contributed by atoms with van der Waals surface area (Å²) < 4.78 is 30.0. The Labute approximate surface area is 146 Å². The quantitative estimate of drug-likeness (QED) is 0.561. The first kappa shape index (κ1) is 18.7. The second-order valence-electron chi connectivity index (χ2n) is 4.83. The Morgan fingerprint density at radius 3 is 2.36 bits per heavy atom. The van der Waals surface area contributed by atoms with Crippen LogP contribution in [0.25, 0.3) is 0 Å². The van der Waals surface area contributed by atoms with Crippen LogP contribution in [0.1, 0.15) is 20.7 Å². The number of amides is 1. The van der Waals surface area contributed by atoms with Gasteiger partial charge in [-0.3, -0.25) is 4.79 Å². The molecule has 0 bridgehead atoms. The van der Waals surface area contributed by atoms with E-state index < -0.39 is 23.2 Å². The van der Waals surface area contributed by atoms with Crippen molar-refractivity contribution in [1.29, 1.82) is 0 Å². The van der Waals surface area contributed by atoms with Gasteiger partial charge in [0.1, 0.15) is 11.6 Å². The number of benzene rings is 2. The van der Waals surface area contributed by atoms with Crippen molar-refractivity contribution in [1.82, 2.24) is 5.32 Å². The molecule has 0 saturated heterocycles. The summed E-state index contributed by atoms with van der Waals surface area (Å²) in [6, 6.07) is 7.66. The lowest BCUT2D eigenvalue weighted by Crippen LogP contribution is -2.26. The van der Waals surface area contributed by atoms with Gasteiger partial charge in [-0.1, -0.05) is 0 Å². The molecule has 0 radical (unpaired) electrons. The summed E-state index contributed by atoms with van der Waals surface area (Å²) in [7, 11) is 0. The van der Waals surface area contributed by atoms with E-state index in [4.69, 9.17) is 10.2 Å². The second-order valence-corrected chi connectivity index (χ2v) is 5.70. The number of hydrogen-bond acceptors (Lipinski definition) is 5. The highest BCUT2D eigenvalue weighted by molar-refractivity contribution is 8.00. The summed E-state index contributed by atoms with van der Waals surface area (Å²) in [5.41, 5.74) is -0.551. The Bertz CT molecular complexity index is 784. The van der Waals surface area contributed by atoms with E-state index in [9.17, 15) is 18.4 Å². The highest BCUT2D eigenvalue weighted by atomic mass is 32.2.